The van der Waals surface area contributed by atoms with Crippen LogP contribution in [0.25, 0.3) is 0 Å². The predicted octanol–water partition coefficient (Wildman–Crippen LogP) is 5.68. The minimum atomic E-state index is -3.43. The van der Waals surface area contributed by atoms with Crippen molar-refractivity contribution in [3.63, 3.8) is 0 Å². The van der Waals surface area contributed by atoms with E-state index in [1.807, 2.05) is 0 Å². The van der Waals surface area contributed by atoms with E-state index in [9.17, 15) is 5.11 Å². The second kappa shape index (κ2) is 1.13. The van der Waals surface area contributed by atoms with E-state index < -0.39 is 12.1 Å². The molecule has 10 saturated heterocycles. The quantitative estimate of drug-likeness (QED) is 0.691. The van der Waals surface area contributed by atoms with E-state index in [0.717, 1.165) is 9.63 Å². The van der Waals surface area contributed by atoms with Crippen molar-refractivity contribution in [2.24, 2.45) is 0 Å². The third-order valence-electron chi connectivity index (χ3n) is 17.6. The Morgan fingerprint density at radius 1 is 0.640 bits per heavy atom. The molecule has 2 heteroatoms. The summed E-state index contributed by atoms with van der Waals surface area (Å²) >= 11 is 0. The molecule has 0 aromatic heterocycles. The minimum absolute atomic E-state index is 0.411. The second-order valence-electron chi connectivity index (χ2n) is 13.1. The fraction of sp³-hybridized carbons (Fsp3) is 0.478. The van der Waals surface area contributed by atoms with Gasteiger partial charge in [0.15, 0.2) is 0 Å². The Balaban J connectivity index is 1.34. The number of hydrogen-bond acceptors (Lipinski definition) is 1. The Hall–Kier alpha value is -1.08. The van der Waals surface area contributed by atoms with Gasteiger partial charge in [0.25, 0.3) is 0 Å². The molecular weight excluding hydrogens is 348 g/mol. The van der Waals surface area contributed by atoms with Crippen molar-refractivity contribution in [2.75, 3.05) is 0 Å². The van der Waals surface area contributed by atoms with Crippen molar-refractivity contribution >= 4 is 0 Å². The Morgan fingerprint density at radius 2 is 1.04 bits per heavy atom. The van der Waals surface area contributed by atoms with Gasteiger partial charge in [-0.05, 0) is 0 Å². The first-order chi connectivity index (χ1) is 12.0. The predicted molar refractivity (Wildman–Crippen MR) is 92.3 cm³/mol. The first kappa shape index (κ1) is 10.3. The van der Waals surface area contributed by atoms with Crippen molar-refractivity contribution in [3.05, 3.63) is 71.8 Å². The molecule has 10 heterocycles. The van der Waals surface area contributed by atoms with E-state index in [1.165, 1.54) is 44.8 Å². The summed E-state index contributed by atoms with van der Waals surface area (Å²) in [6.45, 7) is -3.43. The molecule has 10 aliphatic rings. The van der Waals surface area contributed by atoms with Crippen LogP contribution in [0.3, 0.4) is 0 Å². The number of fused-ring (bicyclic) bond motifs is 10. The molecule has 0 aliphatic carbocycles. The van der Waals surface area contributed by atoms with Crippen molar-refractivity contribution in [1.29, 1.82) is 0 Å². The zero-order valence-corrected chi connectivity index (χ0v) is 14.9. The van der Waals surface area contributed by atoms with E-state index in [-0.39, 0.29) is 0 Å². The summed E-state index contributed by atoms with van der Waals surface area (Å²) in [5, 5.41) is 12.8. The summed E-state index contributed by atoms with van der Waals surface area (Å²) in [4.78, 5) is 10.9. The molecule has 0 radical (unpaired) electrons. The third-order valence-corrected chi connectivity index (χ3v) is 60.1. The number of benzene rings is 2. The van der Waals surface area contributed by atoms with E-state index in [2.05, 4.69) is 60.7 Å². The average Bonchev–Trinajstić information content (AvgIpc) is 3.62. The van der Waals surface area contributed by atoms with E-state index in [4.69, 9.17) is 0 Å². The summed E-state index contributed by atoms with van der Waals surface area (Å²) in [6.07, 6.45) is 0. The molecule has 4 unspecified atom stereocenters. The summed E-state index contributed by atoms with van der Waals surface area (Å²) in [5.41, 5.74) is 1.76. The zero-order valence-electron chi connectivity index (χ0n) is 13.8. The monoisotopic (exact) mass is 368 g/mol. The van der Waals surface area contributed by atoms with Gasteiger partial charge in [0.2, 0.25) is 0 Å². The Morgan fingerprint density at radius 3 is 1.32 bits per heavy atom. The van der Waals surface area contributed by atoms with Crippen LogP contribution in [0.15, 0.2) is 60.7 Å². The van der Waals surface area contributed by atoms with Crippen LogP contribution in [0.4, 0.5) is 0 Å². The van der Waals surface area contributed by atoms with Crippen LogP contribution in [0.1, 0.15) is 11.1 Å². The van der Waals surface area contributed by atoms with Crippen molar-refractivity contribution < 1.29 is 11.6 Å². The summed E-state index contributed by atoms with van der Waals surface area (Å²) in [7, 11) is 0. The summed E-state index contributed by atoms with van der Waals surface area (Å²) < 4.78 is 0.411. The zero-order chi connectivity index (χ0) is 15.7. The molecule has 4 atom stereocenters. The molecular formula is C23H20FeO. The van der Waals surface area contributed by atoms with Crippen molar-refractivity contribution in [2.45, 2.75) is 53.3 Å². The molecule has 2 aromatic carbocycles. The van der Waals surface area contributed by atoms with Crippen molar-refractivity contribution in [1.82, 2.24) is 0 Å². The molecule has 12 rings (SSSR count). The average molecular weight is 368 g/mol. The van der Waals surface area contributed by atoms with E-state index >= 15 is 0 Å². The first-order valence-corrected chi connectivity index (χ1v) is 16.3. The van der Waals surface area contributed by atoms with Crippen LogP contribution >= 0.6 is 0 Å². The maximum absolute atomic E-state index is 12.8. The van der Waals surface area contributed by atoms with Gasteiger partial charge in [0.1, 0.15) is 0 Å². The SMILES string of the molecule is OC(c1ccccc1)(c1ccccc1)[C]12[CH]3[CH]4[CH]5[CH]1[Fe]45321678[CH]2[CH]1[CH]6[CH]7[CH]28. The molecule has 0 saturated carbocycles. The van der Waals surface area contributed by atoms with Gasteiger partial charge in [0.05, 0.1) is 0 Å². The van der Waals surface area contributed by atoms with Gasteiger partial charge in [0, 0.05) is 0 Å². The van der Waals surface area contributed by atoms with Crippen LogP contribution < -0.4 is 0 Å². The summed E-state index contributed by atoms with van der Waals surface area (Å²) in [6, 6.07) is 21.7. The van der Waals surface area contributed by atoms with Crippen LogP contribution in [-0.4, -0.2) is 5.11 Å². The van der Waals surface area contributed by atoms with Crippen molar-refractivity contribution in [3.8, 4) is 0 Å². The standard InChI is InChI=1S/C18H15O.C5H5.Fe/c19-18(17-13-7-8-14-17,15-9-3-1-4-10-15)16-11-5-2-6-12-16;1-2-4-5-3-1;/h1-14,19H;1-5H;. The van der Waals surface area contributed by atoms with E-state index in [0.29, 0.717) is 4.31 Å². The van der Waals surface area contributed by atoms with Gasteiger partial charge >= 0.3 is 137 Å². The van der Waals surface area contributed by atoms with Crippen LogP contribution in [-0.2, 0) is 12.1 Å². The molecule has 126 valence electrons. The fourth-order valence-electron chi connectivity index (χ4n) is 19.2. The molecule has 0 amide bonds. The molecule has 0 bridgehead atoms. The molecule has 1 N–H and O–H groups in total. The molecule has 1 spiro atoms. The fourth-order valence-corrected chi connectivity index (χ4v) is 94.1. The Labute approximate surface area is 136 Å². The van der Waals surface area contributed by atoms with Crippen LogP contribution in [0, 0.1) is 0 Å². The molecule has 10 aliphatic heterocycles. The molecule has 2 aromatic rings. The molecule has 1 nitrogen and oxygen atoms in total. The second-order valence-corrected chi connectivity index (χ2v) is 36.7. The summed E-state index contributed by atoms with van der Waals surface area (Å²) in [5.74, 6) is 0. The van der Waals surface area contributed by atoms with Gasteiger partial charge in [-0.15, -0.1) is 0 Å². The molecule has 10 fully saturated rings. The van der Waals surface area contributed by atoms with E-state index in [1.54, 1.807) is 0 Å². The number of aliphatic hydroxyl groups is 1. The van der Waals surface area contributed by atoms with Gasteiger partial charge < -0.3 is 0 Å². The number of rotatable bonds is 3. The van der Waals surface area contributed by atoms with Crippen LogP contribution in [0.2, 0.25) is 47.7 Å². The third kappa shape index (κ3) is 0.162. The van der Waals surface area contributed by atoms with Gasteiger partial charge in [-0.3, -0.25) is 0 Å². The normalized spacial score (nSPS) is 85.2. The topological polar surface area (TPSA) is 20.2 Å². The first-order valence-electron chi connectivity index (χ1n) is 10.1. The van der Waals surface area contributed by atoms with Gasteiger partial charge in [-0.1, -0.05) is 0 Å². The van der Waals surface area contributed by atoms with Gasteiger partial charge in [-0.25, -0.2) is 0 Å². The van der Waals surface area contributed by atoms with Crippen LogP contribution in [0.5, 0.6) is 0 Å². The Bertz CT molecular complexity index is 1360. The van der Waals surface area contributed by atoms with Gasteiger partial charge in [-0.2, -0.15) is 0 Å². The molecule has 25 heavy (non-hydrogen) atoms. The Kier molecular flexibility index (Phi) is 0.464. The maximum atomic E-state index is 12.8. The number of hydrogen-bond donors (Lipinski definition) is 1.